The van der Waals surface area contributed by atoms with Gasteiger partial charge < -0.3 is 4.42 Å². The molecule has 0 aliphatic rings. The molecule has 1 nitrogen and oxygen atoms in total. The van der Waals surface area contributed by atoms with Crippen molar-refractivity contribution in [3.8, 4) is 33.4 Å². The summed E-state index contributed by atoms with van der Waals surface area (Å²) in [6.07, 6.45) is 0. The Kier molecular flexibility index (Phi) is 5.27. The maximum absolute atomic E-state index is 6.66. The Balaban J connectivity index is 1.21. The molecule has 1 aromatic heterocycles. The van der Waals surface area contributed by atoms with Crippen LogP contribution in [0.2, 0.25) is 0 Å². The van der Waals surface area contributed by atoms with Gasteiger partial charge in [-0.25, -0.2) is 0 Å². The minimum Gasteiger partial charge on any atom is -0.455 e. The van der Waals surface area contributed by atoms with Gasteiger partial charge >= 0.3 is 0 Å². The van der Waals surface area contributed by atoms with Gasteiger partial charge in [-0.1, -0.05) is 127 Å². The van der Waals surface area contributed by atoms with Gasteiger partial charge in [0.05, 0.1) is 0 Å². The second-order valence-electron chi connectivity index (χ2n) is 11.3. The monoisotopic (exact) mass is 546 g/mol. The van der Waals surface area contributed by atoms with Crippen molar-refractivity contribution >= 4 is 54.3 Å². The third-order valence-corrected chi connectivity index (χ3v) is 8.84. The maximum atomic E-state index is 6.66. The quantitative estimate of drug-likeness (QED) is 0.201. The summed E-state index contributed by atoms with van der Waals surface area (Å²) in [5, 5.41) is 9.72. The van der Waals surface area contributed by atoms with Crippen LogP contribution in [0.3, 0.4) is 0 Å². The van der Waals surface area contributed by atoms with E-state index in [4.69, 9.17) is 4.42 Å². The first-order chi connectivity index (χ1) is 21.3. The van der Waals surface area contributed by atoms with E-state index in [0.717, 1.165) is 21.9 Å². The van der Waals surface area contributed by atoms with Crippen molar-refractivity contribution in [3.05, 3.63) is 158 Å². The molecule has 43 heavy (non-hydrogen) atoms. The average molecular weight is 547 g/mol. The summed E-state index contributed by atoms with van der Waals surface area (Å²) in [5.74, 6) is 0. The van der Waals surface area contributed by atoms with Crippen LogP contribution < -0.4 is 0 Å². The number of rotatable bonds is 3. The molecule has 8 aromatic carbocycles. The van der Waals surface area contributed by atoms with Gasteiger partial charge in [0.1, 0.15) is 11.2 Å². The predicted octanol–water partition coefficient (Wildman–Crippen LogP) is 12.0. The largest absolute Gasteiger partial charge is 0.455 e. The van der Waals surface area contributed by atoms with Crippen LogP contribution in [0.25, 0.3) is 87.6 Å². The topological polar surface area (TPSA) is 13.1 Å². The molecular formula is C42H26O. The van der Waals surface area contributed by atoms with Gasteiger partial charge in [0.25, 0.3) is 0 Å². The van der Waals surface area contributed by atoms with Crippen LogP contribution >= 0.6 is 0 Å². The van der Waals surface area contributed by atoms with E-state index in [1.54, 1.807) is 0 Å². The van der Waals surface area contributed by atoms with E-state index in [1.165, 1.54) is 65.7 Å². The summed E-state index contributed by atoms with van der Waals surface area (Å²) in [5.41, 5.74) is 9.11. The SMILES string of the molecule is c1ccc(-c2cccc(-c3cccc(-c4ccc5oc6c(ccc7c8ccccc8c8ccccc8c76)c5c4)c3)c2)cc1. The Morgan fingerprint density at radius 2 is 0.744 bits per heavy atom. The fraction of sp³-hybridized carbons (Fsp3) is 0. The van der Waals surface area contributed by atoms with Gasteiger partial charge in [-0.3, -0.25) is 0 Å². The fourth-order valence-corrected chi connectivity index (χ4v) is 6.79. The van der Waals surface area contributed by atoms with Crippen LogP contribution in [0, 0.1) is 0 Å². The lowest BCUT2D eigenvalue weighted by Crippen LogP contribution is -1.84. The zero-order chi connectivity index (χ0) is 28.3. The van der Waals surface area contributed by atoms with E-state index in [0.29, 0.717) is 0 Å². The normalized spacial score (nSPS) is 11.7. The molecule has 0 aliphatic carbocycles. The van der Waals surface area contributed by atoms with Crippen molar-refractivity contribution in [1.29, 1.82) is 0 Å². The zero-order valence-corrected chi connectivity index (χ0v) is 23.4. The van der Waals surface area contributed by atoms with Crippen molar-refractivity contribution in [2.75, 3.05) is 0 Å². The third-order valence-electron chi connectivity index (χ3n) is 8.84. The summed E-state index contributed by atoms with van der Waals surface area (Å²) in [6, 6.07) is 56.7. The third kappa shape index (κ3) is 3.79. The molecule has 0 N–H and O–H groups in total. The Labute approximate surface area is 249 Å². The predicted molar refractivity (Wildman–Crippen MR) is 183 cm³/mol. The van der Waals surface area contributed by atoms with E-state index in [2.05, 4.69) is 158 Å². The first-order valence-electron chi connectivity index (χ1n) is 14.8. The lowest BCUT2D eigenvalue weighted by molar-refractivity contribution is 0.673. The van der Waals surface area contributed by atoms with Crippen molar-refractivity contribution in [1.82, 2.24) is 0 Å². The highest BCUT2D eigenvalue weighted by Gasteiger charge is 2.16. The van der Waals surface area contributed by atoms with E-state index < -0.39 is 0 Å². The standard InChI is InChI=1S/C42H26O/c1-2-10-27(11-3-1)28-12-8-13-29(24-28)30-14-9-15-31(25-30)32-20-23-40-39(26-32)38-22-21-37-35-18-5-4-16-33(35)34-17-6-7-19-36(34)41(37)42(38)43-40/h1-26H. The lowest BCUT2D eigenvalue weighted by atomic mass is 9.93. The minimum atomic E-state index is 0.912. The lowest BCUT2D eigenvalue weighted by Gasteiger charge is -2.10. The number of furan rings is 1. The molecule has 0 bridgehead atoms. The summed E-state index contributed by atoms with van der Waals surface area (Å²) in [7, 11) is 0. The Morgan fingerprint density at radius 3 is 1.40 bits per heavy atom. The van der Waals surface area contributed by atoms with E-state index in [1.807, 2.05) is 0 Å². The molecule has 0 fully saturated rings. The molecule has 1 heterocycles. The molecule has 0 atom stereocenters. The molecule has 0 amide bonds. The van der Waals surface area contributed by atoms with Gasteiger partial charge in [0, 0.05) is 16.2 Å². The molecule has 1 heteroatoms. The smallest absolute Gasteiger partial charge is 0.143 e. The molecule has 0 saturated heterocycles. The highest BCUT2D eigenvalue weighted by atomic mass is 16.3. The highest BCUT2D eigenvalue weighted by molar-refractivity contribution is 6.32. The molecule has 9 rings (SSSR count). The number of hydrogen-bond acceptors (Lipinski definition) is 1. The fourth-order valence-electron chi connectivity index (χ4n) is 6.79. The van der Waals surface area contributed by atoms with Crippen LogP contribution in [0.15, 0.2) is 162 Å². The Bertz CT molecular complexity index is 2460. The van der Waals surface area contributed by atoms with Crippen LogP contribution in [-0.2, 0) is 0 Å². The van der Waals surface area contributed by atoms with Crippen molar-refractivity contribution in [2.24, 2.45) is 0 Å². The summed E-state index contributed by atoms with van der Waals surface area (Å²) in [4.78, 5) is 0. The molecule has 200 valence electrons. The average Bonchev–Trinajstić information content (AvgIpc) is 3.47. The number of fused-ring (bicyclic) bond motifs is 10. The second-order valence-corrected chi connectivity index (χ2v) is 11.3. The van der Waals surface area contributed by atoms with Crippen molar-refractivity contribution in [3.63, 3.8) is 0 Å². The molecule has 0 spiro atoms. The van der Waals surface area contributed by atoms with Crippen LogP contribution in [0.4, 0.5) is 0 Å². The van der Waals surface area contributed by atoms with Crippen LogP contribution in [-0.4, -0.2) is 0 Å². The van der Waals surface area contributed by atoms with Crippen molar-refractivity contribution in [2.45, 2.75) is 0 Å². The maximum Gasteiger partial charge on any atom is 0.143 e. The van der Waals surface area contributed by atoms with Gasteiger partial charge in [-0.2, -0.15) is 0 Å². The Hall–Kier alpha value is -5.66. The molecule has 0 saturated carbocycles. The molecule has 0 radical (unpaired) electrons. The van der Waals surface area contributed by atoms with Crippen molar-refractivity contribution < 1.29 is 4.42 Å². The van der Waals surface area contributed by atoms with E-state index in [9.17, 15) is 0 Å². The second kappa shape index (κ2) is 9.44. The van der Waals surface area contributed by atoms with Gasteiger partial charge in [-0.05, 0) is 90.6 Å². The van der Waals surface area contributed by atoms with E-state index in [-0.39, 0.29) is 0 Å². The molecule has 0 unspecified atom stereocenters. The van der Waals surface area contributed by atoms with Gasteiger partial charge in [-0.15, -0.1) is 0 Å². The van der Waals surface area contributed by atoms with Crippen LogP contribution in [0.5, 0.6) is 0 Å². The van der Waals surface area contributed by atoms with E-state index >= 15 is 0 Å². The highest BCUT2D eigenvalue weighted by Crippen LogP contribution is 2.42. The Morgan fingerprint density at radius 1 is 0.279 bits per heavy atom. The summed E-state index contributed by atoms with van der Waals surface area (Å²) in [6.45, 7) is 0. The first-order valence-corrected chi connectivity index (χ1v) is 14.8. The number of hydrogen-bond donors (Lipinski definition) is 0. The molecule has 9 aromatic rings. The zero-order valence-electron chi connectivity index (χ0n) is 23.4. The number of benzene rings is 8. The van der Waals surface area contributed by atoms with Gasteiger partial charge in [0.2, 0.25) is 0 Å². The first kappa shape index (κ1) is 24.0. The summed E-state index contributed by atoms with van der Waals surface area (Å²) >= 11 is 0. The molecular weight excluding hydrogens is 520 g/mol. The van der Waals surface area contributed by atoms with Crippen LogP contribution in [0.1, 0.15) is 0 Å². The molecule has 0 aliphatic heterocycles. The summed E-state index contributed by atoms with van der Waals surface area (Å²) < 4.78 is 6.66. The van der Waals surface area contributed by atoms with Gasteiger partial charge in [0.15, 0.2) is 0 Å². The minimum absolute atomic E-state index is 0.912.